The molecule has 0 aromatic carbocycles. The number of nitrogens with one attached hydrogen (secondary N) is 1. The van der Waals surface area contributed by atoms with Gasteiger partial charge in [-0.15, -0.1) is 0 Å². The van der Waals surface area contributed by atoms with Crippen molar-refractivity contribution in [2.24, 2.45) is 5.92 Å². The number of likely N-dealkylation sites (N-methyl/N-ethyl adjacent to an activating group) is 1. The maximum absolute atomic E-state index is 12.5. The van der Waals surface area contributed by atoms with Crippen molar-refractivity contribution < 1.29 is 23.9 Å². The maximum atomic E-state index is 12.5. The quantitative estimate of drug-likeness (QED) is 0.816. The lowest BCUT2D eigenvalue weighted by Gasteiger charge is -2.31. The van der Waals surface area contributed by atoms with E-state index >= 15 is 0 Å². The number of aliphatic carboxylic acids is 1. The standard InChI is InChI=1S/C18H22N4O5/c1-11-3-4-15(27-11)13-9-14(20-19-13)17(24)21(2)10-16(23)22-7-5-12(6-8-22)18(25)26/h3-4,9,12H,5-8,10H2,1-2H3,(H,19,20)(H,25,26). The van der Waals surface area contributed by atoms with Gasteiger partial charge in [-0.2, -0.15) is 5.10 Å². The van der Waals surface area contributed by atoms with E-state index in [1.165, 1.54) is 11.9 Å². The first-order chi connectivity index (χ1) is 12.8. The van der Waals surface area contributed by atoms with Crippen LogP contribution in [0.3, 0.4) is 0 Å². The molecule has 2 aromatic heterocycles. The number of aromatic nitrogens is 2. The minimum Gasteiger partial charge on any atom is -0.481 e. The average molecular weight is 374 g/mol. The summed E-state index contributed by atoms with van der Waals surface area (Å²) in [5.74, 6) is -0.473. The molecule has 1 saturated heterocycles. The Morgan fingerprint density at radius 1 is 1.33 bits per heavy atom. The molecule has 144 valence electrons. The molecule has 9 nitrogen and oxygen atoms in total. The minimum atomic E-state index is -0.824. The Kier molecular flexibility index (Phi) is 5.29. The van der Waals surface area contributed by atoms with E-state index in [-0.39, 0.29) is 24.1 Å². The summed E-state index contributed by atoms with van der Waals surface area (Å²) in [6.07, 6.45) is 0.869. The molecule has 0 atom stereocenters. The minimum absolute atomic E-state index is 0.0847. The molecule has 3 heterocycles. The summed E-state index contributed by atoms with van der Waals surface area (Å²) in [5, 5.41) is 15.8. The molecule has 0 spiro atoms. The summed E-state index contributed by atoms with van der Waals surface area (Å²) < 4.78 is 5.49. The molecule has 1 aliphatic heterocycles. The molecule has 2 aromatic rings. The van der Waals surface area contributed by atoms with Crippen LogP contribution in [0.1, 0.15) is 29.1 Å². The van der Waals surface area contributed by atoms with Crippen LogP contribution in [0, 0.1) is 12.8 Å². The Hall–Kier alpha value is -3.10. The van der Waals surface area contributed by atoms with Crippen LogP contribution in [0.15, 0.2) is 22.6 Å². The van der Waals surface area contributed by atoms with Crippen LogP contribution < -0.4 is 0 Å². The number of carboxylic acids is 1. The molecule has 27 heavy (non-hydrogen) atoms. The number of nitrogens with zero attached hydrogens (tertiary/aromatic N) is 3. The molecule has 3 rings (SSSR count). The van der Waals surface area contributed by atoms with Gasteiger partial charge in [0.1, 0.15) is 11.5 Å². The number of piperidine rings is 1. The van der Waals surface area contributed by atoms with Crippen molar-refractivity contribution in [2.75, 3.05) is 26.7 Å². The number of hydrogen-bond donors (Lipinski definition) is 2. The zero-order valence-electron chi connectivity index (χ0n) is 15.3. The highest BCUT2D eigenvalue weighted by molar-refractivity contribution is 5.95. The number of aryl methyl sites for hydroxylation is 1. The topological polar surface area (TPSA) is 120 Å². The van der Waals surface area contributed by atoms with Crippen LogP contribution in [-0.2, 0) is 9.59 Å². The van der Waals surface area contributed by atoms with Gasteiger partial charge < -0.3 is 19.3 Å². The first kappa shape index (κ1) is 18.7. The lowest BCUT2D eigenvalue weighted by atomic mass is 9.97. The molecule has 0 unspecified atom stereocenters. The SMILES string of the molecule is Cc1ccc(-c2cc(C(=O)N(C)CC(=O)N3CCC(C(=O)O)CC3)n[nH]2)o1. The second kappa shape index (κ2) is 7.65. The monoisotopic (exact) mass is 374 g/mol. The van der Waals surface area contributed by atoms with E-state index < -0.39 is 11.9 Å². The summed E-state index contributed by atoms with van der Waals surface area (Å²) in [4.78, 5) is 38.8. The van der Waals surface area contributed by atoms with Crippen molar-refractivity contribution in [3.63, 3.8) is 0 Å². The van der Waals surface area contributed by atoms with Gasteiger partial charge in [-0.1, -0.05) is 0 Å². The second-order valence-corrected chi connectivity index (χ2v) is 6.73. The number of likely N-dealkylation sites (tertiary alicyclic amines) is 1. The second-order valence-electron chi connectivity index (χ2n) is 6.73. The molecule has 1 fully saturated rings. The molecular weight excluding hydrogens is 352 g/mol. The van der Waals surface area contributed by atoms with Crippen LogP contribution in [0.5, 0.6) is 0 Å². The zero-order chi connectivity index (χ0) is 19.6. The molecule has 1 aliphatic rings. The zero-order valence-corrected chi connectivity index (χ0v) is 15.3. The van der Waals surface area contributed by atoms with Gasteiger partial charge in [0, 0.05) is 26.2 Å². The highest BCUT2D eigenvalue weighted by Crippen LogP contribution is 2.21. The highest BCUT2D eigenvalue weighted by atomic mass is 16.4. The van der Waals surface area contributed by atoms with Crippen LogP contribution in [0.4, 0.5) is 0 Å². The third kappa shape index (κ3) is 4.18. The molecule has 2 amide bonds. The van der Waals surface area contributed by atoms with Crippen LogP contribution >= 0.6 is 0 Å². The van der Waals surface area contributed by atoms with Crippen LogP contribution in [0.25, 0.3) is 11.5 Å². The predicted octanol–water partition coefficient (Wildman–Crippen LogP) is 1.37. The number of H-pyrrole nitrogens is 1. The predicted molar refractivity (Wildman–Crippen MR) is 94.9 cm³/mol. The van der Waals surface area contributed by atoms with Crippen LogP contribution in [0.2, 0.25) is 0 Å². The van der Waals surface area contributed by atoms with E-state index in [1.54, 1.807) is 17.0 Å². The fraction of sp³-hybridized carbons (Fsp3) is 0.444. The molecule has 0 aliphatic carbocycles. The summed E-state index contributed by atoms with van der Waals surface area (Å²) in [6, 6.07) is 5.18. The lowest BCUT2D eigenvalue weighted by molar-refractivity contribution is -0.145. The molecule has 9 heteroatoms. The van der Waals surface area contributed by atoms with Gasteiger partial charge in [0.05, 0.1) is 12.5 Å². The Morgan fingerprint density at radius 3 is 2.63 bits per heavy atom. The normalized spacial score (nSPS) is 15.0. The number of rotatable bonds is 5. The van der Waals surface area contributed by atoms with E-state index in [9.17, 15) is 14.4 Å². The number of carbonyl (C=O) groups excluding carboxylic acids is 2. The van der Waals surface area contributed by atoms with Crippen molar-refractivity contribution in [1.82, 2.24) is 20.0 Å². The van der Waals surface area contributed by atoms with Gasteiger partial charge in [0.25, 0.3) is 5.91 Å². The average Bonchev–Trinajstić information content (AvgIpc) is 3.30. The summed E-state index contributed by atoms with van der Waals surface area (Å²) >= 11 is 0. The van der Waals surface area contributed by atoms with E-state index in [4.69, 9.17) is 9.52 Å². The van der Waals surface area contributed by atoms with Crippen molar-refractivity contribution >= 4 is 17.8 Å². The third-order valence-corrected chi connectivity index (χ3v) is 4.72. The number of carbonyl (C=O) groups is 3. The molecular formula is C18H22N4O5. The molecule has 2 N–H and O–H groups in total. The maximum Gasteiger partial charge on any atom is 0.306 e. The Labute approximate surface area is 155 Å². The van der Waals surface area contributed by atoms with E-state index in [2.05, 4.69) is 10.2 Å². The summed E-state index contributed by atoms with van der Waals surface area (Å²) in [7, 11) is 1.54. The Morgan fingerprint density at radius 2 is 2.04 bits per heavy atom. The van der Waals surface area contributed by atoms with Crippen molar-refractivity contribution in [3.05, 3.63) is 29.7 Å². The van der Waals surface area contributed by atoms with Gasteiger partial charge in [0.2, 0.25) is 5.91 Å². The number of amides is 2. The lowest BCUT2D eigenvalue weighted by Crippen LogP contribution is -2.45. The summed E-state index contributed by atoms with van der Waals surface area (Å²) in [5.41, 5.74) is 0.779. The van der Waals surface area contributed by atoms with Crippen LogP contribution in [-0.4, -0.2) is 69.6 Å². The number of carboxylic acid groups (broad SMARTS) is 1. The van der Waals surface area contributed by atoms with Crippen molar-refractivity contribution in [2.45, 2.75) is 19.8 Å². The number of aromatic amines is 1. The Balaban J connectivity index is 1.57. The number of hydrogen-bond acceptors (Lipinski definition) is 5. The van der Waals surface area contributed by atoms with Crippen molar-refractivity contribution in [1.29, 1.82) is 0 Å². The van der Waals surface area contributed by atoms with Gasteiger partial charge in [-0.25, -0.2) is 0 Å². The molecule has 0 saturated carbocycles. The van der Waals surface area contributed by atoms with Gasteiger partial charge >= 0.3 is 5.97 Å². The Bertz CT molecular complexity index is 848. The number of furan rings is 1. The van der Waals surface area contributed by atoms with Gasteiger partial charge in [-0.3, -0.25) is 19.5 Å². The third-order valence-electron chi connectivity index (χ3n) is 4.72. The highest BCUT2D eigenvalue weighted by Gasteiger charge is 2.28. The van der Waals surface area contributed by atoms with E-state index in [1.807, 2.05) is 13.0 Å². The van der Waals surface area contributed by atoms with Crippen molar-refractivity contribution in [3.8, 4) is 11.5 Å². The molecule has 0 bridgehead atoms. The van der Waals surface area contributed by atoms with Gasteiger partial charge in [-0.05, 0) is 31.9 Å². The van der Waals surface area contributed by atoms with E-state index in [0.29, 0.717) is 37.4 Å². The molecule has 0 radical (unpaired) electrons. The van der Waals surface area contributed by atoms with E-state index in [0.717, 1.165) is 5.76 Å². The fourth-order valence-electron chi connectivity index (χ4n) is 3.08. The first-order valence-corrected chi connectivity index (χ1v) is 8.73. The fourth-order valence-corrected chi connectivity index (χ4v) is 3.08. The largest absolute Gasteiger partial charge is 0.481 e. The summed E-state index contributed by atoms with van der Waals surface area (Å²) in [6.45, 7) is 2.52. The van der Waals surface area contributed by atoms with Gasteiger partial charge in [0.15, 0.2) is 11.5 Å². The smallest absolute Gasteiger partial charge is 0.306 e. The first-order valence-electron chi connectivity index (χ1n) is 8.73.